The zero-order chi connectivity index (χ0) is 15.3. The molecule has 0 aliphatic carbocycles. The Balaban J connectivity index is 2.86. The van der Waals surface area contributed by atoms with Crippen LogP contribution < -0.4 is 5.32 Å². The second-order valence-corrected chi connectivity index (χ2v) is 6.70. The Morgan fingerprint density at radius 3 is 2.45 bits per heavy atom. The molecule has 1 amide bonds. The molecule has 0 fully saturated rings. The molecule has 0 heterocycles. The SMILES string of the molecule is CCC(CC)(CNC(=O)c1cc(I)ccc1Br)C(=O)O. The van der Waals surface area contributed by atoms with E-state index >= 15 is 0 Å². The summed E-state index contributed by atoms with van der Waals surface area (Å²) in [7, 11) is 0. The predicted molar refractivity (Wildman–Crippen MR) is 89.8 cm³/mol. The Bertz CT molecular complexity index is 515. The van der Waals surface area contributed by atoms with E-state index in [2.05, 4.69) is 43.8 Å². The van der Waals surface area contributed by atoms with Crippen molar-refractivity contribution in [3.8, 4) is 0 Å². The van der Waals surface area contributed by atoms with E-state index in [1.165, 1.54) is 0 Å². The van der Waals surface area contributed by atoms with Crippen LogP contribution in [0.15, 0.2) is 22.7 Å². The predicted octanol–water partition coefficient (Wildman–Crippen LogP) is 3.67. The maximum atomic E-state index is 12.2. The number of amides is 1. The number of hydrogen-bond donors (Lipinski definition) is 2. The molecule has 1 aromatic rings. The number of carboxylic acids is 1. The first-order valence-electron chi connectivity index (χ1n) is 6.33. The van der Waals surface area contributed by atoms with Gasteiger partial charge in [-0.25, -0.2) is 0 Å². The quantitative estimate of drug-likeness (QED) is 0.645. The van der Waals surface area contributed by atoms with Crippen molar-refractivity contribution in [2.75, 3.05) is 6.54 Å². The lowest BCUT2D eigenvalue weighted by Crippen LogP contribution is -2.42. The Morgan fingerprint density at radius 1 is 1.35 bits per heavy atom. The van der Waals surface area contributed by atoms with Gasteiger partial charge in [-0.1, -0.05) is 13.8 Å². The Kier molecular flexibility index (Phi) is 6.44. The lowest BCUT2D eigenvalue weighted by molar-refractivity contribution is -0.149. The van der Waals surface area contributed by atoms with Gasteiger partial charge in [0.1, 0.15) is 0 Å². The minimum Gasteiger partial charge on any atom is -0.481 e. The molecule has 4 nitrogen and oxygen atoms in total. The van der Waals surface area contributed by atoms with Crippen LogP contribution in [-0.4, -0.2) is 23.5 Å². The number of halogens is 2. The van der Waals surface area contributed by atoms with Crippen LogP contribution in [-0.2, 0) is 4.79 Å². The smallest absolute Gasteiger partial charge is 0.311 e. The van der Waals surface area contributed by atoms with E-state index in [4.69, 9.17) is 0 Å². The third kappa shape index (κ3) is 3.94. The van der Waals surface area contributed by atoms with Crippen LogP contribution in [0, 0.1) is 8.99 Å². The summed E-state index contributed by atoms with van der Waals surface area (Å²) >= 11 is 5.46. The topological polar surface area (TPSA) is 66.4 Å². The minimum atomic E-state index is -0.899. The molecule has 0 atom stereocenters. The van der Waals surface area contributed by atoms with Gasteiger partial charge in [-0.3, -0.25) is 9.59 Å². The molecule has 0 aliphatic rings. The normalized spacial score (nSPS) is 11.2. The molecule has 0 spiro atoms. The molecular formula is C14H17BrINO3. The van der Waals surface area contributed by atoms with Crippen LogP contribution in [0.25, 0.3) is 0 Å². The standard InChI is InChI=1S/C14H17BrINO3/c1-3-14(4-2,13(19)20)8-17-12(18)10-7-9(16)5-6-11(10)15/h5-7H,3-4,8H2,1-2H3,(H,17,18)(H,19,20). The lowest BCUT2D eigenvalue weighted by Gasteiger charge is -2.26. The van der Waals surface area contributed by atoms with E-state index in [-0.39, 0.29) is 12.5 Å². The van der Waals surface area contributed by atoms with Crippen LogP contribution in [0.3, 0.4) is 0 Å². The monoisotopic (exact) mass is 453 g/mol. The first-order valence-corrected chi connectivity index (χ1v) is 8.20. The van der Waals surface area contributed by atoms with Crippen molar-refractivity contribution in [3.63, 3.8) is 0 Å². The molecule has 1 aromatic carbocycles. The van der Waals surface area contributed by atoms with Crippen molar-refractivity contribution in [3.05, 3.63) is 31.8 Å². The third-order valence-corrected chi connectivity index (χ3v) is 4.93. The van der Waals surface area contributed by atoms with Gasteiger partial charge in [-0.05, 0) is 69.6 Å². The minimum absolute atomic E-state index is 0.131. The number of aliphatic carboxylic acids is 1. The van der Waals surface area contributed by atoms with E-state index in [1.54, 1.807) is 12.1 Å². The van der Waals surface area contributed by atoms with Crippen molar-refractivity contribution >= 4 is 50.4 Å². The zero-order valence-corrected chi connectivity index (χ0v) is 15.1. The summed E-state index contributed by atoms with van der Waals surface area (Å²) in [5, 5.41) is 12.1. The molecule has 0 bridgehead atoms. The van der Waals surface area contributed by atoms with Crippen LogP contribution in [0.5, 0.6) is 0 Å². The fraction of sp³-hybridized carbons (Fsp3) is 0.429. The summed E-state index contributed by atoms with van der Waals surface area (Å²) in [4.78, 5) is 23.6. The van der Waals surface area contributed by atoms with Gasteiger partial charge in [0.2, 0.25) is 0 Å². The molecule has 20 heavy (non-hydrogen) atoms. The summed E-state index contributed by atoms with van der Waals surface area (Å²) in [6.07, 6.45) is 0.958. The van der Waals surface area contributed by atoms with Gasteiger partial charge in [-0.2, -0.15) is 0 Å². The summed E-state index contributed by atoms with van der Waals surface area (Å²) in [6.45, 7) is 3.78. The van der Waals surface area contributed by atoms with E-state index in [1.807, 2.05) is 19.9 Å². The molecule has 0 saturated heterocycles. The Hall–Kier alpha value is -0.630. The number of nitrogens with one attached hydrogen (secondary N) is 1. The first kappa shape index (κ1) is 17.4. The average molecular weight is 454 g/mol. The highest BCUT2D eigenvalue weighted by Gasteiger charge is 2.35. The third-order valence-electron chi connectivity index (χ3n) is 3.57. The maximum Gasteiger partial charge on any atom is 0.311 e. The van der Waals surface area contributed by atoms with E-state index in [0.29, 0.717) is 22.9 Å². The molecule has 0 unspecified atom stereocenters. The number of carbonyl (C=O) groups excluding carboxylic acids is 1. The van der Waals surface area contributed by atoms with E-state index in [9.17, 15) is 14.7 Å². The molecule has 6 heteroatoms. The second-order valence-electron chi connectivity index (χ2n) is 4.60. The van der Waals surface area contributed by atoms with Crippen molar-refractivity contribution in [1.82, 2.24) is 5.32 Å². The zero-order valence-electron chi connectivity index (χ0n) is 11.4. The van der Waals surface area contributed by atoms with E-state index < -0.39 is 11.4 Å². The summed E-state index contributed by atoms with van der Waals surface area (Å²) in [5.74, 6) is -1.13. The molecule has 0 aliphatic heterocycles. The first-order chi connectivity index (χ1) is 9.36. The second kappa shape index (κ2) is 7.40. The highest BCUT2D eigenvalue weighted by atomic mass is 127. The molecule has 0 radical (unpaired) electrons. The molecular weight excluding hydrogens is 437 g/mol. The van der Waals surface area contributed by atoms with Crippen LogP contribution in [0.2, 0.25) is 0 Å². The van der Waals surface area contributed by atoms with Crippen molar-refractivity contribution in [2.45, 2.75) is 26.7 Å². The van der Waals surface area contributed by atoms with Gasteiger partial charge in [0, 0.05) is 14.6 Å². The summed E-state index contributed by atoms with van der Waals surface area (Å²) in [5.41, 5.74) is -0.382. The van der Waals surface area contributed by atoms with Crippen LogP contribution >= 0.6 is 38.5 Å². The van der Waals surface area contributed by atoms with E-state index in [0.717, 1.165) is 3.57 Å². The lowest BCUT2D eigenvalue weighted by atomic mass is 9.82. The van der Waals surface area contributed by atoms with Crippen molar-refractivity contribution in [2.24, 2.45) is 5.41 Å². The number of carboxylic acid groups (broad SMARTS) is 1. The number of hydrogen-bond acceptors (Lipinski definition) is 2. The number of rotatable bonds is 6. The molecule has 110 valence electrons. The van der Waals surface area contributed by atoms with Crippen LogP contribution in [0.4, 0.5) is 0 Å². The summed E-state index contributed by atoms with van der Waals surface area (Å²) < 4.78 is 1.65. The number of carbonyl (C=O) groups is 2. The van der Waals surface area contributed by atoms with Gasteiger partial charge in [0.05, 0.1) is 11.0 Å². The van der Waals surface area contributed by atoms with Crippen molar-refractivity contribution in [1.29, 1.82) is 0 Å². The highest BCUT2D eigenvalue weighted by Crippen LogP contribution is 2.26. The van der Waals surface area contributed by atoms with Gasteiger partial charge in [0.15, 0.2) is 0 Å². The van der Waals surface area contributed by atoms with Gasteiger partial charge < -0.3 is 10.4 Å². The van der Waals surface area contributed by atoms with Gasteiger partial charge in [0.25, 0.3) is 5.91 Å². The van der Waals surface area contributed by atoms with Crippen molar-refractivity contribution < 1.29 is 14.7 Å². The molecule has 1 rings (SSSR count). The van der Waals surface area contributed by atoms with Crippen LogP contribution in [0.1, 0.15) is 37.0 Å². The van der Waals surface area contributed by atoms with Gasteiger partial charge in [-0.15, -0.1) is 0 Å². The number of benzene rings is 1. The fourth-order valence-electron chi connectivity index (χ4n) is 1.89. The molecule has 0 saturated carbocycles. The Labute approximate surface area is 140 Å². The largest absolute Gasteiger partial charge is 0.481 e. The Morgan fingerprint density at radius 2 is 1.95 bits per heavy atom. The highest BCUT2D eigenvalue weighted by molar-refractivity contribution is 14.1. The fourth-order valence-corrected chi connectivity index (χ4v) is 2.81. The maximum absolute atomic E-state index is 12.2. The molecule has 0 aromatic heterocycles. The molecule has 2 N–H and O–H groups in total. The summed E-state index contributed by atoms with van der Waals surface area (Å²) in [6, 6.07) is 5.46. The van der Waals surface area contributed by atoms with Gasteiger partial charge >= 0.3 is 5.97 Å². The average Bonchev–Trinajstić information content (AvgIpc) is 2.42.